The van der Waals surface area contributed by atoms with Crippen LogP contribution in [0.1, 0.15) is 12.6 Å². The highest BCUT2D eigenvalue weighted by Gasteiger charge is 2.04. The van der Waals surface area contributed by atoms with Gasteiger partial charge in [0.15, 0.2) is 0 Å². The molecule has 0 spiro atoms. The Labute approximate surface area is 78.9 Å². The molecule has 0 aromatic carbocycles. The maximum Gasteiger partial charge on any atom is 0.309 e. The summed E-state index contributed by atoms with van der Waals surface area (Å²) in [6, 6.07) is 3.62. The Kier molecular flexibility index (Phi) is 2.81. The molecule has 0 aliphatic carbocycles. The van der Waals surface area contributed by atoms with Crippen molar-refractivity contribution in [3.05, 3.63) is 22.3 Å². The van der Waals surface area contributed by atoms with Crippen LogP contribution in [0.5, 0.6) is 5.88 Å². The highest BCUT2D eigenvalue weighted by Crippen LogP contribution is 2.22. The molecule has 0 saturated carbocycles. The summed E-state index contributed by atoms with van der Waals surface area (Å²) in [6.45, 7) is 3.18. The lowest BCUT2D eigenvalue weighted by atomic mass is 10.4. The van der Waals surface area contributed by atoms with Crippen molar-refractivity contribution in [1.29, 1.82) is 0 Å². The molecule has 3 nitrogen and oxygen atoms in total. The Bertz CT molecular complexity index is 312. The second kappa shape index (κ2) is 3.67. The van der Waals surface area contributed by atoms with Gasteiger partial charge in [0.25, 0.3) is 0 Å². The molecule has 1 aromatic rings. The molecule has 12 heavy (non-hydrogen) atoms. The SMILES string of the molecule is CC(=O)Oc1nc(C)ccc1Br. The zero-order chi connectivity index (χ0) is 9.14. The molecule has 0 amide bonds. The molecule has 0 atom stereocenters. The average molecular weight is 230 g/mol. The predicted molar refractivity (Wildman–Crippen MR) is 48.0 cm³/mol. The molecule has 0 bridgehead atoms. The zero-order valence-corrected chi connectivity index (χ0v) is 8.38. The Morgan fingerprint density at radius 2 is 2.25 bits per heavy atom. The summed E-state index contributed by atoms with van der Waals surface area (Å²) in [5.74, 6) is -0.0451. The van der Waals surface area contributed by atoms with Crippen molar-refractivity contribution in [3.8, 4) is 5.88 Å². The molecule has 1 aromatic heterocycles. The summed E-state index contributed by atoms with van der Waals surface area (Å²) in [5, 5.41) is 0. The van der Waals surface area contributed by atoms with Crippen LogP contribution in [0.25, 0.3) is 0 Å². The number of carbonyl (C=O) groups is 1. The van der Waals surface area contributed by atoms with Crippen LogP contribution in [0, 0.1) is 6.92 Å². The Hall–Kier alpha value is -0.900. The van der Waals surface area contributed by atoms with Gasteiger partial charge in [-0.3, -0.25) is 4.79 Å². The summed E-state index contributed by atoms with van der Waals surface area (Å²) >= 11 is 3.22. The third kappa shape index (κ3) is 2.30. The quantitative estimate of drug-likeness (QED) is 0.693. The van der Waals surface area contributed by atoms with Crippen molar-refractivity contribution in [1.82, 2.24) is 4.98 Å². The number of halogens is 1. The van der Waals surface area contributed by atoms with Gasteiger partial charge in [-0.05, 0) is 35.0 Å². The minimum Gasteiger partial charge on any atom is -0.406 e. The standard InChI is InChI=1S/C8H8BrNO2/c1-5-3-4-7(9)8(10-5)12-6(2)11/h3-4H,1-2H3. The second-order valence-corrected chi connectivity index (χ2v) is 3.19. The van der Waals surface area contributed by atoms with E-state index >= 15 is 0 Å². The molecule has 0 radical (unpaired) electrons. The highest BCUT2D eigenvalue weighted by atomic mass is 79.9. The monoisotopic (exact) mass is 229 g/mol. The van der Waals surface area contributed by atoms with E-state index < -0.39 is 0 Å². The van der Waals surface area contributed by atoms with Gasteiger partial charge in [-0.2, -0.15) is 0 Å². The molecular formula is C8H8BrNO2. The van der Waals surface area contributed by atoms with E-state index in [9.17, 15) is 4.79 Å². The van der Waals surface area contributed by atoms with E-state index in [1.807, 2.05) is 13.0 Å². The molecule has 0 unspecified atom stereocenters. The van der Waals surface area contributed by atoms with Crippen molar-refractivity contribution in [2.24, 2.45) is 0 Å². The Balaban J connectivity index is 2.97. The van der Waals surface area contributed by atoms with E-state index in [4.69, 9.17) is 4.74 Å². The molecule has 0 saturated heterocycles. The molecule has 0 aliphatic rings. The highest BCUT2D eigenvalue weighted by molar-refractivity contribution is 9.10. The topological polar surface area (TPSA) is 39.2 Å². The van der Waals surface area contributed by atoms with Crippen LogP contribution < -0.4 is 4.74 Å². The fourth-order valence-electron chi connectivity index (χ4n) is 0.724. The first-order valence-corrected chi connectivity index (χ1v) is 4.20. The third-order valence-corrected chi connectivity index (χ3v) is 1.80. The third-order valence-electron chi connectivity index (χ3n) is 1.19. The van der Waals surface area contributed by atoms with Gasteiger partial charge in [-0.25, -0.2) is 4.98 Å². The number of nitrogens with zero attached hydrogens (tertiary/aromatic N) is 1. The summed E-state index contributed by atoms with van der Waals surface area (Å²) in [6.07, 6.45) is 0. The van der Waals surface area contributed by atoms with Gasteiger partial charge in [0, 0.05) is 12.6 Å². The minimum atomic E-state index is -0.367. The van der Waals surface area contributed by atoms with E-state index in [-0.39, 0.29) is 5.97 Å². The van der Waals surface area contributed by atoms with Gasteiger partial charge in [-0.15, -0.1) is 0 Å². The number of aromatic nitrogens is 1. The molecule has 0 aliphatic heterocycles. The molecule has 1 heterocycles. The van der Waals surface area contributed by atoms with Crippen LogP contribution in [0.2, 0.25) is 0 Å². The number of carbonyl (C=O) groups excluding carboxylic acids is 1. The first kappa shape index (κ1) is 9.19. The van der Waals surface area contributed by atoms with E-state index in [2.05, 4.69) is 20.9 Å². The fourth-order valence-corrected chi connectivity index (χ4v) is 1.03. The van der Waals surface area contributed by atoms with Gasteiger partial charge in [0.1, 0.15) is 0 Å². The normalized spacial score (nSPS) is 9.58. The van der Waals surface area contributed by atoms with E-state index in [1.54, 1.807) is 6.07 Å². The van der Waals surface area contributed by atoms with Crippen molar-refractivity contribution in [3.63, 3.8) is 0 Å². The molecule has 0 N–H and O–H groups in total. The maximum absolute atomic E-state index is 10.6. The van der Waals surface area contributed by atoms with Crippen LogP contribution in [0.15, 0.2) is 16.6 Å². The fraction of sp³-hybridized carbons (Fsp3) is 0.250. The number of hydrogen-bond donors (Lipinski definition) is 0. The average Bonchev–Trinajstić information content (AvgIpc) is 1.96. The molecular weight excluding hydrogens is 222 g/mol. The van der Waals surface area contributed by atoms with Gasteiger partial charge in [-0.1, -0.05) is 0 Å². The maximum atomic E-state index is 10.6. The number of aryl methyl sites for hydroxylation is 1. The molecule has 4 heteroatoms. The summed E-state index contributed by atoms with van der Waals surface area (Å²) < 4.78 is 5.51. The Morgan fingerprint density at radius 3 is 2.83 bits per heavy atom. The first-order valence-electron chi connectivity index (χ1n) is 3.41. The van der Waals surface area contributed by atoms with Crippen molar-refractivity contribution >= 4 is 21.9 Å². The van der Waals surface area contributed by atoms with Gasteiger partial charge < -0.3 is 4.74 Å². The van der Waals surface area contributed by atoms with Crippen molar-refractivity contribution < 1.29 is 9.53 Å². The number of hydrogen-bond acceptors (Lipinski definition) is 3. The summed E-state index contributed by atoms with van der Waals surface area (Å²) in [4.78, 5) is 14.6. The van der Waals surface area contributed by atoms with Crippen molar-refractivity contribution in [2.75, 3.05) is 0 Å². The summed E-state index contributed by atoms with van der Waals surface area (Å²) in [5.41, 5.74) is 0.814. The van der Waals surface area contributed by atoms with Gasteiger partial charge in [0.05, 0.1) is 4.47 Å². The van der Waals surface area contributed by atoms with Gasteiger partial charge in [0.2, 0.25) is 5.88 Å². The van der Waals surface area contributed by atoms with Crippen LogP contribution >= 0.6 is 15.9 Å². The zero-order valence-electron chi connectivity index (χ0n) is 6.80. The second-order valence-electron chi connectivity index (χ2n) is 2.33. The summed E-state index contributed by atoms with van der Waals surface area (Å²) in [7, 11) is 0. The first-order chi connectivity index (χ1) is 5.59. The minimum absolute atomic E-state index is 0.322. The number of pyridine rings is 1. The molecule has 64 valence electrons. The smallest absolute Gasteiger partial charge is 0.309 e. The number of ether oxygens (including phenoxy) is 1. The van der Waals surface area contributed by atoms with Crippen LogP contribution in [-0.2, 0) is 4.79 Å². The number of esters is 1. The van der Waals surface area contributed by atoms with E-state index in [0.29, 0.717) is 10.4 Å². The predicted octanol–water partition coefficient (Wildman–Crippen LogP) is 2.08. The van der Waals surface area contributed by atoms with Crippen molar-refractivity contribution in [2.45, 2.75) is 13.8 Å². The lowest BCUT2D eigenvalue weighted by Gasteiger charge is -2.02. The molecule has 0 fully saturated rings. The lowest BCUT2D eigenvalue weighted by Crippen LogP contribution is -2.04. The van der Waals surface area contributed by atoms with Crippen LogP contribution in [0.3, 0.4) is 0 Å². The van der Waals surface area contributed by atoms with Gasteiger partial charge >= 0.3 is 5.97 Å². The van der Waals surface area contributed by atoms with E-state index in [1.165, 1.54) is 6.92 Å². The van der Waals surface area contributed by atoms with Crippen LogP contribution in [0.4, 0.5) is 0 Å². The number of rotatable bonds is 1. The molecule has 1 rings (SSSR count). The van der Waals surface area contributed by atoms with E-state index in [0.717, 1.165) is 5.69 Å². The largest absolute Gasteiger partial charge is 0.406 e. The van der Waals surface area contributed by atoms with Crippen LogP contribution in [-0.4, -0.2) is 11.0 Å². The Morgan fingerprint density at radius 1 is 1.58 bits per heavy atom. The lowest BCUT2D eigenvalue weighted by molar-refractivity contribution is -0.132.